The number of hydrogen-bond acceptors (Lipinski definition) is 5. The molecular formula is C19H22N4O3. The number of benzene rings is 1. The minimum Gasteiger partial charge on any atom is -0.360 e. The number of aromatic nitrogens is 3. The molecule has 1 atom stereocenters. The topological polar surface area (TPSA) is 90.0 Å². The number of aryl methyl sites for hydroxylation is 3. The molecule has 1 aromatic carbocycles. The van der Waals surface area contributed by atoms with E-state index in [1.165, 1.54) is 4.68 Å². The van der Waals surface area contributed by atoms with Crippen molar-refractivity contribution < 1.29 is 9.32 Å². The molecule has 0 saturated carbocycles. The SMILES string of the molecule is Cc1nn(CCCC(=O)NC(C)c2ccccc2)c(=O)c2noc(C)c12. The van der Waals surface area contributed by atoms with Crippen LogP contribution in [0.2, 0.25) is 0 Å². The average Bonchev–Trinajstić information content (AvgIpc) is 3.02. The molecule has 2 aromatic heterocycles. The second kappa shape index (κ2) is 7.51. The molecule has 0 radical (unpaired) electrons. The summed E-state index contributed by atoms with van der Waals surface area (Å²) >= 11 is 0. The maximum Gasteiger partial charge on any atom is 0.296 e. The van der Waals surface area contributed by atoms with Crippen LogP contribution < -0.4 is 10.9 Å². The Hall–Kier alpha value is -2.96. The van der Waals surface area contributed by atoms with Crippen LogP contribution >= 0.6 is 0 Å². The molecule has 1 unspecified atom stereocenters. The monoisotopic (exact) mass is 354 g/mol. The fraction of sp³-hybridized carbons (Fsp3) is 0.368. The summed E-state index contributed by atoms with van der Waals surface area (Å²) in [5.74, 6) is 0.535. The molecule has 0 fully saturated rings. The molecule has 3 rings (SSSR count). The number of rotatable bonds is 6. The highest BCUT2D eigenvalue weighted by Crippen LogP contribution is 2.16. The standard InChI is InChI=1S/C19H22N4O3/c1-12(15-8-5-4-6-9-15)20-16(24)10-7-11-23-19(25)18-17(13(2)21-23)14(3)26-22-18/h4-6,8-9,12H,7,10-11H2,1-3H3,(H,20,24). The van der Waals surface area contributed by atoms with Gasteiger partial charge in [0.25, 0.3) is 5.56 Å². The van der Waals surface area contributed by atoms with Crippen LogP contribution in [0.15, 0.2) is 39.6 Å². The minimum atomic E-state index is -0.291. The van der Waals surface area contributed by atoms with Gasteiger partial charge in [-0.2, -0.15) is 5.10 Å². The van der Waals surface area contributed by atoms with E-state index in [4.69, 9.17) is 4.52 Å². The van der Waals surface area contributed by atoms with E-state index in [2.05, 4.69) is 15.6 Å². The Morgan fingerprint density at radius 1 is 1.27 bits per heavy atom. The first-order chi connectivity index (χ1) is 12.5. The Morgan fingerprint density at radius 2 is 2.00 bits per heavy atom. The number of nitrogens with one attached hydrogen (secondary N) is 1. The Kier molecular flexibility index (Phi) is 5.16. The zero-order chi connectivity index (χ0) is 18.7. The average molecular weight is 354 g/mol. The highest BCUT2D eigenvalue weighted by molar-refractivity contribution is 5.81. The first-order valence-corrected chi connectivity index (χ1v) is 8.65. The molecule has 0 aliphatic rings. The fourth-order valence-electron chi connectivity index (χ4n) is 3.02. The Morgan fingerprint density at radius 3 is 2.73 bits per heavy atom. The molecule has 1 N–H and O–H groups in total. The normalized spacial score (nSPS) is 12.3. The van der Waals surface area contributed by atoms with E-state index in [0.29, 0.717) is 36.2 Å². The van der Waals surface area contributed by atoms with Gasteiger partial charge in [0.15, 0.2) is 5.52 Å². The van der Waals surface area contributed by atoms with E-state index in [1.54, 1.807) is 6.92 Å². The molecule has 1 amide bonds. The number of carbonyl (C=O) groups excluding carboxylic acids is 1. The summed E-state index contributed by atoms with van der Waals surface area (Å²) in [6.45, 7) is 5.88. The summed E-state index contributed by atoms with van der Waals surface area (Å²) in [6.07, 6.45) is 0.836. The van der Waals surface area contributed by atoms with Gasteiger partial charge in [-0.25, -0.2) is 4.68 Å². The molecule has 7 heteroatoms. The Balaban J connectivity index is 1.60. The molecule has 0 saturated heterocycles. The number of hydrogen-bond donors (Lipinski definition) is 1. The van der Waals surface area contributed by atoms with Gasteiger partial charge in [-0.05, 0) is 32.8 Å². The van der Waals surface area contributed by atoms with Gasteiger partial charge in [-0.15, -0.1) is 0 Å². The predicted molar refractivity (Wildman–Crippen MR) is 97.8 cm³/mol. The number of carbonyl (C=O) groups is 1. The summed E-state index contributed by atoms with van der Waals surface area (Å²) in [4.78, 5) is 24.5. The molecule has 0 spiro atoms. The van der Waals surface area contributed by atoms with Crippen molar-refractivity contribution in [2.24, 2.45) is 0 Å². The first kappa shape index (κ1) is 17.8. The van der Waals surface area contributed by atoms with Crippen LogP contribution in [0, 0.1) is 13.8 Å². The zero-order valence-electron chi connectivity index (χ0n) is 15.2. The van der Waals surface area contributed by atoms with Gasteiger partial charge in [0, 0.05) is 13.0 Å². The first-order valence-electron chi connectivity index (χ1n) is 8.65. The molecule has 2 heterocycles. The molecule has 3 aromatic rings. The lowest BCUT2D eigenvalue weighted by molar-refractivity contribution is -0.121. The van der Waals surface area contributed by atoms with Crippen molar-refractivity contribution >= 4 is 16.8 Å². The van der Waals surface area contributed by atoms with Gasteiger partial charge < -0.3 is 9.84 Å². The Labute approximate surface area is 151 Å². The summed E-state index contributed by atoms with van der Waals surface area (Å²) in [7, 11) is 0. The molecule has 26 heavy (non-hydrogen) atoms. The lowest BCUT2D eigenvalue weighted by Crippen LogP contribution is -2.28. The second-order valence-corrected chi connectivity index (χ2v) is 6.38. The van der Waals surface area contributed by atoms with E-state index >= 15 is 0 Å². The predicted octanol–water partition coefficient (Wildman–Crippen LogP) is 2.66. The van der Waals surface area contributed by atoms with Crippen molar-refractivity contribution in [3.05, 3.63) is 57.7 Å². The number of nitrogens with zero attached hydrogens (tertiary/aromatic N) is 3. The molecule has 0 bridgehead atoms. The third-order valence-corrected chi connectivity index (χ3v) is 4.38. The highest BCUT2D eigenvalue weighted by atomic mass is 16.5. The highest BCUT2D eigenvalue weighted by Gasteiger charge is 2.15. The number of amides is 1. The third-order valence-electron chi connectivity index (χ3n) is 4.38. The van der Waals surface area contributed by atoms with Crippen LogP contribution in [-0.2, 0) is 11.3 Å². The molecule has 7 nitrogen and oxygen atoms in total. The van der Waals surface area contributed by atoms with Gasteiger partial charge >= 0.3 is 0 Å². The lowest BCUT2D eigenvalue weighted by Gasteiger charge is -2.14. The molecule has 0 aliphatic heterocycles. The van der Waals surface area contributed by atoms with Crippen LogP contribution in [0.3, 0.4) is 0 Å². The zero-order valence-corrected chi connectivity index (χ0v) is 15.2. The van der Waals surface area contributed by atoms with E-state index in [0.717, 1.165) is 5.56 Å². The van der Waals surface area contributed by atoms with Gasteiger partial charge in [0.1, 0.15) is 5.76 Å². The van der Waals surface area contributed by atoms with Gasteiger partial charge in [0.2, 0.25) is 5.91 Å². The van der Waals surface area contributed by atoms with Crippen LogP contribution in [0.25, 0.3) is 10.9 Å². The van der Waals surface area contributed by atoms with Crippen LogP contribution in [0.1, 0.15) is 42.8 Å². The smallest absolute Gasteiger partial charge is 0.296 e. The van der Waals surface area contributed by atoms with E-state index < -0.39 is 0 Å². The maximum atomic E-state index is 12.4. The van der Waals surface area contributed by atoms with Crippen LogP contribution in [0.5, 0.6) is 0 Å². The molecule has 136 valence electrons. The van der Waals surface area contributed by atoms with Crippen molar-refractivity contribution in [3.63, 3.8) is 0 Å². The maximum absolute atomic E-state index is 12.4. The van der Waals surface area contributed by atoms with Crippen molar-refractivity contribution in [2.45, 2.75) is 46.2 Å². The van der Waals surface area contributed by atoms with Gasteiger partial charge in [0.05, 0.1) is 17.1 Å². The minimum absolute atomic E-state index is 0.0514. The Bertz CT molecular complexity index is 976. The quantitative estimate of drug-likeness (QED) is 0.735. The third kappa shape index (κ3) is 3.66. The second-order valence-electron chi connectivity index (χ2n) is 6.38. The lowest BCUT2D eigenvalue weighted by atomic mass is 10.1. The van der Waals surface area contributed by atoms with E-state index in [1.807, 2.05) is 44.2 Å². The number of fused-ring (bicyclic) bond motifs is 1. The fourth-order valence-corrected chi connectivity index (χ4v) is 3.02. The summed E-state index contributed by atoms with van der Waals surface area (Å²) in [5, 5.41) is 11.8. The van der Waals surface area contributed by atoms with Crippen molar-refractivity contribution in [1.82, 2.24) is 20.3 Å². The van der Waals surface area contributed by atoms with Crippen LogP contribution in [-0.4, -0.2) is 20.8 Å². The van der Waals surface area contributed by atoms with Gasteiger partial charge in [-0.3, -0.25) is 9.59 Å². The molecule has 0 aliphatic carbocycles. The summed E-state index contributed by atoms with van der Waals surface area (Å²) in [6, 6.07) is 9.73. The van der Waals surface area contributed by atoms with Crippen LogP contribution in [0.4, 0.5) is 0 Å². The van der Waals surface area contributed by atoms with Crippen molar-refractivity contribution in [2.75, 3.05) is 0 Å². The summed E-state index contributed by atoms with van der Waals surface area (Å²) < 4.78 is 6.45. The van der Waals surface area contributed by atoms with E-state index in [9.17, 15) is 9.59 Å². The van der Waals surface area contributed by atoms with Crippen molar-refractivity contribution in [3.8, 4) is 0 Å². The van der Waals surface area contributed by atoms with Gasteiger partial charge in [-0.1, -0.05) is 35.5 Å². The summed E-state index contributed by atoms with van der Waals surface area (Å²) in [5.41, 5.74) is 1.75. The molecular weight excluding hydrogens is 332 g/mol. The van der Waals surface area contributed by atoms with E-state index in [-0.39, 0.29) is 23.0 Å². The van der Waals surface area contributed by atoms with Crippen molar-refractivity contribution in [1.29, 1.82) is 0 Å². The largest absolute Gasteiger partial charge is 0.360 e.